The van der Waals surface area contributed by atoms with E-state index in [1.807, 2.05) is 0 Å². The van der Waals surface area contributed by atoms with Gasteiger partial charge in [0, 0.05) is 6.07 Å². The smallest absolute Gasteiger partial charge is 0.341 e. The van der Waals surface area contributed by atoms with E-state index in [9.17, 15) is 19.7 Å². The third-order valence-corrected chi connectivity index (χ3v) is 3.83. The van der Waals surface area contributed by atoms with E-state index >= 15 is 0 Å². The molecule has 0 spiro atoms. The van der Waals surface area contributed by atoms with Crippen LogP contribution in [-0.4, -0.2) is 30.5 Å². The molecule has 136 valence electrons. The molecule has 0 radical (unpaired) electrons. The number of nitro groups is 1. The average Bonchev–Trinajstić information content (AvgIpc) is 2.63. The van der Waals surface area contributed by atoms with Crippen LogP contribution in [0.4, 0.5) is 11.4 Å². The third-order valence-electron chi connectivity index (χ3n) is 3.83. The number of methoxy groups -OCH3 is 1. The number of anilines is 1. The van der Waals surface area contributed by atoms with Crippen LogP contribution in [0.2, 0.25) is 0 Å². The summed E-state index contributed by atoms with van der Waals surface area (Å²) in [5.41, 5.74) is 1.52. The van der Waals surface area contributed by atoms with E-state index in [0.29, 0.717) is 5.56 Å². The van der Waals surface area contributed by atoms with Crippen molar-refractivity contribution in [3.63, 3.8) is 0 Å². The summed E-state index contributed by atoms with van der Waals surface area (Å²) in [4.78, 5) is 34.5. The molecule has 2 aromatic carbocycles. The van der Waals surface area contributed by atoms with Crippen molar-refractivity contribution in [3.8, 4) is 5.75 Å². The zero-order valence-electron chi connectivity index (χ0n) is 14.6. The first-order valence-electron chi connectivity index (χ1n) is 7.69. The molecule has 0 atom stereocenters. The molecule has 8 heteroatoms. The van der Waals surface area contributed by atoms with Crippen LogP contribution in [0.15, 0.2) is 36.4 Å². The number of benzene rings is 2. The molecule has 2 aromatic rings. The van der Waals surface area contributed by atoms with Crippen LogP contribution < -0.4 is 10.1 Å². The lowest BCUT2D eigenvalue weighted by Gasteiger charge is -2.13. The summed E-state index contributed by atoms with van der Waals surface area (Å²) in [7, 11) is 1.24. The quantitative estimate of drug-likeness (QED) is 0.483. The van der Waals surface area contributed by atoms with Gasteiger partial charge in [-0.25, -0.2) is 4.79 Å². The molecule has 0 aliphatic carbocycles. The lowest BCUT2D eigenvalue weighted by molar-refractivity contribution is -0.384. The van der Waals surface area contributed by atoms with Crippen molar-refractivity contribution in [2.45, 2.75) is 13.8 Å². The van der Waals surface area contributed by atoms with E-state index in [1.54, 1.807) is 32.0 Å². The fourth-order valence-corrected chi connectivity index (χ4v) is 2.30. The molecular weight excluding hydrogens is 340 g/mol. The normalized spacial score (nSPS) is 10.1. The highest BCUT2D eigenvalue weighted by Crippen LogP contribution is 2.30. The summed E-state index contributed by atoms with van der Waals surface area (Å²) < 4.78 is 10.0. The van der Waals surface area contributed by atoms with Gasteiger partial charge < -0.3 is 14.8 Å². The Labute approximate surface area is 149 Å². The number of rotatable bonds is 6. The minimum atomic E-state index is -0.592. The van der Waals surface area contributed by atoms with Gasteiger partial charge in [0.2, 0.25) is 0 Å². The maximum atomic E-state index is 12.2. The fourth-order valence-electron chi connectivity index (χ4n) is 2.30. The maximum absolute atomic E-state index is 12.2. The van der Waals surface area contributed by atoms with Crippen molar-refractivity contribution >= 4 is 23.3 Å². The highest BCUT2D eigenvalue weighted by molar-refractivity contribution is 5.96. The molecule has 0 aliphatic rings. The molecule has 26 heavy (non-hydrogen) atoms. The number of aryl methyl sites for hydroxylation is 1. The Morgan fingerprint density at radius 3 is 2.50 bits per heavy atom. The lowest BCUT2D eigenvalue weighted by atomic mass is 10.1. The lowest BCUT2D eigenvalue weighted by Crippen LogP contribution is -2.22. The second-order valence-corrected chi connectivity index (χ2v) is 5.48. The molecule has 0 unspecified atom stereocenters. The highest BCUT2D eigenvalue weighted by atomic mass is 16.6. The molecule has 0 saturated carbocycles. The van der Waals surface area contributed by atoms with Crippen LogP contribution in [0.5, 0.6) is 5.75 Å². The highest BCUT2D eigenvalue weighted by Gasteiger charge is 2.20. The van der Waals surface area contributed by atoms with E-state index in [1.165, 1.54) is 25.3 Å². The molecule has 0 bridgehead atoms. The number of esters is 1. The van der Waals surface area contributed by atoms with E-state index in [2.05, 4.69) is 10.1 Å². The Bertz CT molecular complexity index is 863. The standard InChI is InChI=1S/C18H18N2O6/c1-11-8-9-14(20(23)24)17(12(11)2)19-16(21)10-26-15-7-5-4-6-13(15)18(22)25-3/h4-9H,10H2,1-3H3,(H,19,21). The van der Waals surface area contributed by atoms with Crippen molar-refractivity contribution in [2.24, 2.45) is 0 Å². The predicted octanol–water partition coefficient (Wildman–Crippen LogP) is 3.02. The number of nitrogens with zero attached hydrogens (tertiary/aromatic N) is 1. The first-order valence-corrected chi connectivity index (χ1v) is 7.69. The molecule has 2 rings (SSSR count). The van der Waals surface area contributed by atoms with Crippen LogP contribution in [0.1, 0.15) is 21.5 Å². The third kappa shape index (κ3) is 4.15. The second kappa shape index (κ2) is 8.11. The van der Waals surface area contributed by atoms with Gasteiger partial charge in [0.25, 0.3) is 11.6 Å². The number of hydrogen-bond donors (Lipinski definition) is 1. The number of nitrogens with one attached hydrogen (secondary N) is 1. The number of para-hydroxylation sites is 1. The Morgan fingerprint density at radius 1 is 1.15 bits per heavy atom. The number of amides is 1. The van der Waals surface area contributed by atoms with Gasteiger partial charge in [-0.1, -0.05) is 18.2 Å². The van der Waals surface area contributed by atoms with Crippen LogP contribution in [0, 0.1) is 24.0 Å². The number of hydrogen-bond acceptors (Lipinski definition) is 6. The van der Waals surface area contributed by atoms with Crippen molar-refractivity contribution in [1.82, 2.24) is 0 Å². The second-order valence-electron chi connectivity index (χ2n) is 5.48. The van der Waals surface area contributed by atoms with Crippen LogP contribution in [0.3, 0.4) is 0 Å². The summed E-state index contributed by atoms with van der Waals surface area (Å²) in [6.45, 7) is 3.06. The number of ether oxygens (including phenoxy) is 2. The van der Waals surface area contributed by atoms with Gasteiger partial charge in [0.05, 0.1) is 12.0 Å². The summed E-state index contributed by atoms with van der Waals surface area (Å²) in [6.07, 6.45) is 0. The molecule has 1 amide bonds. The predicted molar refractivity (Wildman–Crippen MR) is 94.5 cm³/mol. The number of carbonyl (C=O) groups excluding carboxylic acids is 2. The maximum Gasteiger partial charge on any atom is 0.341 e. The zero-order chi connectivity index (χ0) is 19.3. The average molecular weight is 358 g/mol. The van der Waals surface area contributed by atoms with Gasteiger partial charge in [0.15, 0.2) is 6.61 Å². The number of carbonyl (C=O) groups is 2. The summed E-state index contributed by atoms with van der Waals surface area (Å²) in [6, 6.07) is 9.28. The molecule has 8 nitrogen and oxygen atoms in total. The minimum Gasteiger partial charge on any atom is -0.483 e. The monoisotopic (exact) mass is 358 g/mol. The first-order chi connectivity index (χ1) is 12.3. The Morgan fingerprint density at radius 2 is 1.85 bits per heavy atom. The summed E-state index contributed by atoms with van der Waals surface area (Å²) in [5.74, 6) is -0.988. The summed E-state index contributed by atoms with van der Waals surface area (Å²) >= 11 is 0. The van der Waals surface area contributed by atoms with E-state index < -0.39 is 23.4 Å². The molecule has 0 aliphatic heterocycles. The van der Waals surface area contributed by atoms with Gasteiger partial charge in [0.1, 0.15) is 17.0 Å². The molecule has 1 N–H and O–H groups in total. The zero-order valence-corrected chi connectivity index (χ0v) is 14.6. The Balaban J connectivity index is 2.15. The van der Waals surface area contributed by atoms with Crippen molar-refractivity contribution in [2.75, 3.05) is 19.0 Å². The molecule has 0 fully saturated rings. The van der Waals surface area contributed by atoms with E-state index in [-0.39, 0.29) is 22.7 Å². The Hall–Kier alpha value is -3.42. The Kier molecular flexibility index (Phi) is 5.90. The molecular formula is C18H18N2O6. The topological polar surface area (TPSA) is 108 Å². The first kappa shape index (κ1) is 18.9. The van der Waals surface area contributed by atoms with Crippen molar-refractivity contribution in [3.05, 3.63) is 63.2 Å². The van der Waals surface area contributed by atoms with Gasteiger partial charge in [-0.2, -0.15) is 0 Å². The largest absolute Gasteiger partial charge is 0.483 e. The van der Waals surface area contributed by atoms with Gasteiger partial charge >= 0.3 is 5.97 Å². The van der Waals surface area contributed by atoms with Crippen LogP contribution in [0.25, 0.3) is 0 Å². The van der Waals surface area contributed by atoms with Crippen molar-refractivity contribution in [1.29, 1.82) is 0 Å². The number of nitro benzene ring substituents is 1. The molecule has 0 heterocycles. The molecule has 0 aromatic heterocycles. The van der Waals surface area contributed by atoms with E-state index in [4.69, 9.17) is 4.74 Å². The van der Waals surface area contributed by atoms with Gasteiger partial charge in [-0.3, -0.25) is 14.9 Å². The SMILES string of the molecule is COC(=O)c1ccccc1OCC(=O)Nc1c([N+](=O)[O-])ccc(C)c1C. The van der Waals surface area contributed by atoms with Gasteiger partial charge in [-0.05, 0) is 37.1 Å². The minimum absolute atomic E-state index is 0.129. The van der Waals surface area contributed by atoms with Crippen LogP contribution >= 0.6 is 0 Å². The van der Waals surface area contributed by atoms with Crippen LogP contribution in [-0.2, 0) is 9.53 Å². The van der Waals surface area contributed by atoms with Crippen molar-refractivity contribution < 1.29 is 24.0 Å². The van der Waals surface area contributed by atoms with Gasteiger partial charge in [-0.15, -0.1) is 0 Å². The molecule has 0 saturated heterocycles. The van der Waals surface area contributed by atoms with E-state index in [0.717, 1.165) is 5.56 Å². The summed E-state index contributed by atoms with van der Waals surface area (Å²) in [5, 5.41) is 13.7. The fraction of sp³-hybridized carbons (Fsp3) is 0.222.